The highest BCUT2D eigenvalue weighted by Gasteiger charge is 2.20. The van der Waals surface area contributed by atoms with Crippen molar-refractivity contribution in [3.8, 4) is 5.75 Å². The topological polar surface area (TPSA) is 69.0 Å². The van der Waals surface area contributed by atoms with Gasteiger partial charge < -0.3 is 10.1 Å². The zero-order valence-electron chi connectivity index (χ0n) is 17.1. The average Bonchev–Trinajstić information content (AvgIpc) is 3.14. The Balaban J connectivity index is 1.67. The predicted octanol–water partition coefficient (Wildman–Crippen LogP) is 5.44. The molecule has 0 bridgehead atoms. The third-order valence-electron chi connectivity index (χ3n) is 4.32. The summed E-state index contributed by atoms with van der Waals surface area (Å²) in [7, 11) is 0. The Kier molecular flexibility index (Phi) is 7.70. The molecule has 1 amide bonds. The number of hydrogen-bond acceptors (Lipinski definition) is 5. The van der Waals surface area contributed by atoms with Crippen LogP contribution in [0.4, 0.5) is 10.1 Å². The SMILES string of the molecule is C=CCn1c(SCC(=O)Nc2ccc(F)cc2)nnc1C(C)Oc1ccc(Cl)c(C)c1. The maximum absolute atomic E-state index is 13.0. The van der Waals surface area contributed by atoms with Gasteiger partial charge in [0, 0.05) is 17.3 Å². The summed E-state index contributed by atoms with van der Waals surface area (Å²) in [5.74, 6) is 0.831. The maximum Gasteiger partial charge on any atom is 0.234 e. The van der Waals surface area contributed by atoms with Gasteiger partial charge in [0.2, 0.25) is 5.91 Å². The summed E-state index contributed by atoms with van der Waals surface area (Å²) in [5, 5.41) is 12.5. The Hall–Kier alpha value is -2.84. The number of aromatic nitrogens is 3. The number of amides is 1. The van der Waals surface area contributed by atoms with Crippen molar-refractivity contribution in [2.24, 2.45) is 0 Å². The van der Waals surface area contributed by atoms with E-state index in [0.717, 1.165) is 5.56 Å². The summed E-state index contributed by atoms with van der Waals surface area (Å²) in [5.41, 5.74) is 1.45. The molecule has 0 spiro atoms. The normalized spacial score (nSPS) is 11.7. The first-order valence-electron chi connectivity index (χ1n) is 9.52. The number of anilines is 1. The highest BCUT2D eigenvalue weighted by Crippen LogP contribution is 2.27. The second-order valence-corrected chi connectivity index (χ2v) is 8.10. The van der Waals surface area contributed by atoms with Crippen LogP contribution in [-0.4, -0.2) is 26.4 Å². The van der Waals surface area contributed by atoms with E-state index >= 15 is 0 Å². The van der Waals surface area contributed by atoms with Crippen LogP contribution in [0.2, 0.25) is 5.02 Å². The van der Waals surface area contributed by atoms with E-state index in [9.17, 15) is 9.18 Å². The number of carbonyl (C=O) groups is 1. The van der Waals surface area contributed by atoms with Crippen LogP contribution >= 0.6 is 23.4 Å². The monoisotopic (exact) mass is 460 g/mol. The lowest BCUT2D eigenvalue weighted by Gasteiger charge is -2.16. The highest BCUT2D eigenvalue weighted by molar-refractivity contribution is 7.99. The van der Waals surface area contributed by atoms with E-state index in [1.807, 2.05) is 24.5 Å². The van der Waals surface area contributed by atoms with E-state index in [4.69, 9.17) is 16.3 Å². The van der Waals surface area contributed by atoms with Crippen molar-refractivity contribution in [2.45, 2.75) is 31.7 Å². The van der Waals surface area contributed by atoms with Gasteiger partial charge in [-0.15, -0.1) is 16.8 Å². The fraction of sp³-hybridized carbons (Fsp3) is 0.227. The van der Waals surface area contributed by atoms with Gasteiger partial charge in [-0.3, -0.25) is 9.36 Å². The fourth-order valence-corrected chi connectivity index (χ4v) is 3.69. The summed E-state index contributed by atoms with van der Waals surface area (Å²) in [4.78, 5) is 12.2. The number of nitrogens with zero attached hydrogens (tertiary/aromatic N) is 3. The van der Waals surface area contributed by atoms with Gasteiger partial charge in [-0.25, -0.2) is 4.39 Å². The second kappa shape index (κ2) is 10.5. The third kappa shape index (κ3) is 6.08. The lowest BCUT2D eigenvalue weighted by Crippen LogP contribution is -2.15. The summed E-state index contributed by atoms with van der Waals surface area (Å²) in [6, 6.07) is 11.0. The third-order valence-corrected chi connectivity index (χ3v) is 5.71. The number of benzene rings is 2. The van der Waals surface area contributed by atoms with Crippen molar-refractivity contribution in [3.05, 3.63) is 77.3 Å². The first-order chi connectivity index (χ1) is 14.9. The summed E-state index contributed by atoms with van der Waals surface area (Å²) in [6.45, 7) is 8.05. The maximum atomic E-state index is 13.0. The number of allylic oxidation sites excluding steroid dienone is 1. The zero-order chi connectivity index (χ0) is 22.4. The molecule has 0 aliphatic rings. The molecular formula is C22H22ClFN4O2S. The van der Waals surface area contributed by atoms with Crippen molar-refractivity contribution in [1.82, 2.24) is 14.8 Å². The lowest BCUT2D eigenvalue weighted by molar-refractivity contribution is -0.113. The van der Waals surface area contributed by atoms with Crippen LogP contribution in [-0.2, 0) is 11.3 Å². The zero-order valence-corrected chi connectivity index (χ0v) is 18.7. The van der Waals surface area contributed by atoms with Crippen molar-refractivity contribution < 1.29 is 13.9 Å². The average molecular weight is 461 g/mol. The van der Waals surface area contributed by atoms with Gasteiger partial charge in [0.1, 0.15) is 11.6 Å². The number of ether oxygens (including phenoxy) is 1. The van der Waals surface area contributed by atoms with Gasteiger partial charge in [0.15, 0.2) is 17.1 Å². The smallest absolute Gasteiger partial charge is 0.234 e. The molecule has 3 aromatic rings. The van der Waals surface area contributed by atoms with Crippen molar-refractivity contribution in [3.63, 3.8) is 0 Å². The molecule has 0 aliphatic carbocycles. The van der Waals surface area contributed by atoms with E-state index in [1.54, 1.807) is 18.2 Å². The van der Waals surface area contributed by atoms with Crippen molar-refractivity contribution in [1.29, 1.82) is 0 Å². The predicted molar refractivity (Wildman–Crippen MR) is 121 cm³/mol. The van der Waals surface area contributed by atoms with Crippen LogP contribution in [0, 0.1) is 12.7 Å². The Morgan fingerprint density at radius 2 is 2.06 bits per heavy atom. The van der Waals surface area contributed by atoms with Crippen molar-refractivity contribution >= 4 is 35.0 Å². The highest BCUT2D eigenvalue weighted by atomic mass is 35.5. The number of halogens is 2. The van der Waals surface area contributed by atoms with Crippen LogP contribution < -0.4 is 10.1 Å². The van der Waals surface area contributed by atoms with E-state index in [2.05, 4.69) is 22.1 Å². The lowest BCUT2D eigenvalue weighted by atomic mass is 10.2. The van der Waals surface area contributed by atoms with Gasteiger partial charge in [-0.1, -0.05) is 29.4 Å². The first kappa shape index (κ1) is 22.8. The number of aryl methyl sites for hydroxylation is 1. The molecule has 0 fully saturated rings. The fourth-order valence-electron chi connectivity index (χ4n) is 2.82. The molecule has 1 aromatic heterocycles. The molecule has 0 radical (unpaired) electrons. The summed E-state index contributed by atoms with van der Waals surface area (Å²) < 4.78 is 20.9. The standard InChI is InChI=1S/C22H22ClFN4O2S/c1-4-11-28-21(15(3)30-18-9-10-19(23)14(2)12-18)26-27-22(28)31-13-20(29)25-17-7-5-16(24)6-8-17/h4-10,12,15H,1,11,13H2,2-3H3,(H,25,29). The number of hydrogen-bond donors (Lipinski definition) is 1. The Labute approximate surface area is 189 Å². The van der Waals surface area contributed by atoms with E-state index < -0.39 is 0 Å². The van der Waals surface area contributed by atoms with Crippen LogP contribution in [0.3, 0.4) is 0 Å². The van der Waals surface area contributed by atoms with Crippen LogP contribution in [0.25, 0.3) is 0 Å². The Bertz CT molecular complexity index is 1070. The van der Waals surface area contributed by atoms with Crippen LogP contribution in [0.5, 0.6) is 5.75 Å². The summed E-state index contributed by atoms with van der Waals surface area (Å²) >= 11 is 7.33. The quantitative estimate of drug-likeness (QED) is 0.340. The van der Waals surface area contributed by atoms with E-state index in [0.29, 0.717) is 34.0 Å². The molecule has 0 aliphatic heterocycles. The molecule has 3 rings (SSSR count). The van der Waals surface area contributed by atoms with Crippen LogP contribution in [0.15, 0.2) is 60.3 Å². The van der Waals surface area contributed by atoms with Gasteiger partial charge in [0.25, 0.3) is 0 Å². The van der Waals surface area contributed by atoms with Gasteiger partial charge in [0.05, 0.1) is 5.75 Å². The number of carbonyl (C=O) groups excluding carboxylic acids is 1. The minimum Gasteiger partial charge on any atom is -0.483 e. The van der Waals surface area contributed by atoms with Gasteiger partial charge in [-0.2, -0.15) is 0 Å². The van der Waals surface area contributed by atoms with E-state index in [1.165, 1.54) is 36.0 Å². The van der Waals surface area contributed by atoms with E-state index in [-0.39, 0.29) is 23.6 Å². The van der Waals surface area contributed by atoms with Gasteiger partial charge >= 0.3 is 0 Å². The Morgan fingerprint density at radius 3 is 2.74 bits per heavy atom. The molecule has 1 unspecified atom stereocenters. The van der Waals surface area contributed by atoms with Crippen LogP contribution in [0.1, 0.15) is 24.4 Å². The van der Waals surface area contributed by atoms with Crippen molar-refractivity contribution in [2.75, 3.05) is 11.1 Å². The molecular weight excluding hydrogens is 439 g/mol. The number of rotatable bonds is 9. The van der Waals surface area contributed by atoms with Gasteiger partial charge in [-0.05, 0) is 61.9 Å². The summed E-state index contributed by atoms with van der Waals surface area (Å²) in [6.07, 6.45) is 1.35. The molecule has 31 heavy (non-hydrogen) atoms. The number of nitrogens with one attached hydrogen (secondary N) is 1. The molecule has 162 valence electrons. The molecule has 0 saturated carbocycles. The minimum atomic E-state index is -0.379. The molecule has 1 heterocycles. The molecule has 0 saturated heterocycles. The molecule has 1 N–H and O–H groups in total. The molecule has 1 atom stereocenters. The first-order valence-corrected chi connectivity index (χ1v) is 10.9. The largest absolute Gasteiger partial charge is 0.483 e. The Morgan fingerprint density at radius 1 is 1.32 bits per heavy atom. The second-order valence-electron chi connectivity index (χ2n) is 6.75. The molecule has 9 heteroatoms. The minimum absolute atomic E-state index is 0.123. The molecule has 6 nitrogen and oxygen atoms in total. The molecule has 2 aromatic carbocycles. The number of thioether (sulfide) groups is 1.